The summed E-state index contributed by atoms with van der Waals surface area (Å²) in [5.41, 5.74) is 6.15. The van der Waals surface area contributed by atoms with Crippen LogP contribution in [0.5, 0.6) is 11.6 Å². The van der Waals surface area contributed by atoms with Crippen LogP contribution in [0.15, 0.2) is 53.6 Å². The SMILES string of the molecule is Cc1cc(F)ccc1Oc1nc(C(C)(C)C)ccc1C(=O)NS(=O)(=O)c1cccc(N)n1. The van der Waals surface area contributed by atoms with Gasteiger partial charge in [0.15, 0.2) is 5.03 Å². The molecular weight excluding hydrogens is 435 g/mol. The van der Waals surface area contributed by atoms with Crippen LogP contribution in [0, 0.1) is 12.7 Å². The van der Waals surface area contributed by atoms with Gasteiger partial charge in [-0.25, -0.2) is 19.1 Å². The summed E-state index contributed by atoms with van der Waals surface area (Å²) < 4.78 is 46.5. The lowest BCUT2D eigenvalue weighted by Gasteiger charge is -2.20. The minimum Gasteiger partial charge on any atom is -0.438 e. The predicted octanol–water partition coefficient (Wildman–Crippen LogP) is 3.71. The number of nitrogen functional groups attached to an aromatic ring is 1. The molecule has 1 aromatic carbocycles. The Morgan fingerprint density at radius 2 is 1.81 bits per heavy atom. The van der Waals surface area contributed by atoms with Gasteiger partial charge >= 0.3 is 0 Å². The first-order valence-corrected chi connectivity index (χ1v) is 11.1. The predicted molar refractivity (Wildman–Crippen MR) is 117 cm³/mol. The molecule has 0 bridgehead atoms. The highest BCUT2D eigenvalue weighted by molar-refractivity contribution is 7.90. The molecule has 0 spiro atoms. The van der Waals surface area contributed by atoms with E-state index < -0.39 is 26.8 Å². The summed E-state index contributed by atoms with van der Waals surface area (Å²) in [6.07, 6.45) is 0. The van der Waals surface area contributed by atoms with Crippen molar-refractivity contribution in [2.75, 3.05) is 5.73 Å². The zero-order valence-electron chi connectivity index (χ0n) is 18.0. The lowest BCUT2D eigenvalue weighted by atomic mass is 9.91. The maximum Gasteiger partial charge on any atom is 0.281 e. The summed E-state index contributed by atoms with van der Waals surface area (Å²) >= 11 is 0. The number of pyridine rings is 2. The van der Waals surface area contributed by atoms with Crippen molar-refractivity contribution in [2.45, 2.75) is 38.1 Å². The Morgan fingerprint density at radius 3 is 2.44 bits per heavy atom. The van der Waals surface area contributed by atoms with E-state index in [0.29, 0.717) is 11.3 Å². The molecule has 0 saturated heterocycles. The molecule has 0 aliphatic carbocycles. The van der Waals surface area contributed by atoms with E-state index in [2.05, 4.69) is 9.97 Å². The Morgan fingerprint density at radius 1 is 1.09 bits per heavy atom. The molecule has 0 aliphatic rings. The number of carbonyl (C=O) groups excluding carboxylic acids is 1. The summed E-state index contributed by atoms with van der Waals surface area (Å²) in [7, 11) is -4.30. The molecule has 3 rings (SSSR count). The van der Waals surface area contributed by atoms with Gasteiger partial charge in [0.05, 0.1) is 0 Å². The molecule has 0 unspecified atom stereocenters. The van der Waals surface area contributed by atoms with Crippen molar-refractivity contribution in [3.63, 3.8) is 0 Å². The largest absolute Gasteiger partial charge is 0.438 e. The molecule has 2 aromatic heterocycles. The molecule has 168 valence electrons. The number of nitrogens with two attached hydrogens (primary N) is 1. The Labute approximate surface area is 185 Å². The topological polar surface area (TPSA) is 124 Å². The van der Waals surface area contributed by atoms with Gasteiger partial charge in [-0.2, -0.15) is 8.42 Å². The average molecular weight is 459 g/mol. The number of benzene rings is 1. The molecule has 32 heavy (non-hydrogen) atoms. The summed E-state index contributed by atoms with van der Waals surface area (Å²) in [6.45, 7) is 7.43. The lowest BCUT2D eigenvalue weighted by molar-refractivity contribution is 0.0978. The van der Waals surface area contributed by atoms with Crippen LogP contribution in [-0.4, -0.2) is 24.3 Å². The van der Waals surface area contributed by atoms with E-state index in [1.54, 1.807) is 13.0 Å². The van der Waals surface area contributed by atoms with Crippen LogP contribution in [0.25, 0.3) is 0 Å². The summed E-state index contributed by atoms with van der Waals surface area (Å²) in [5.74, 6) is -1.24. The highest BCUT2D eigenvalue weighted by Gasteiger charge is 2.26. The third-order valence-corrected chi connectivity index (χ3v) is 5.70. The van der Waals surface area contributed by atoms with E-state index in [9.17, 15) is 17.6 Å². The fourth-order valence-electron chi connectivity index (χ4n) is 2.75. The second-order valence-corrected chi connectivity index (χ2v) is 9.78. The molecule has 0 saturated carbocycles. The van der Waals surface area contributed by atoms with Crippen molar-refractivity contribution in [3.8, 4) is 11.6 Å². The van der Waals surface area contributed by atoms with Crippen LogP contribution in [0.1, 0.15) is 42.4 Å². The number of anilines is 1. The quantitative estimate of drug-likeness (QED) is 0.597. The van der Waals surface area contributed by atoms with Crippen LogP contribution in [0.4, 0.5) is 10.2 Å². The molecule has 3 aromatic rings. The molecule has 8 nitrogen and oxygen atoms in total. The number of amides is 1. The van der Waals surface area contributed by atoms with Crippen molar-refractivity contribution in [1.82, 2.24) is 14.7 Å². The van der Waals surface area contributed by atoms with Crippen LogP contribution < -0.4 is 15.2 Å². The van der Waals surface area contributed by atoms with Gasteiger partial charge in [0.25, 0.3) is 15.9 Å². The first kappa shape index (κ1) is 23.1. The fraction of sp³-hybridized carbons (Fsp3) is 0.227. The Hall–Kier alpha value is -3.53. The second kappa shape index (κ2) is 8.54. The molecule has 0 atom stereocenters. The third-order valence-electron chi connectivity index (χ3n) is 4.46. The van der Waals surface area contributed by atoms with Gasteiger partial charge in [-0.3, -0.25) is 4.79 Å². The maximum absolute atomic E-state index is 13.5. The number of hydrogen-bond donors (Lipinski definition) is 2. The monoisotopic (exact) mass is 458 g/mol. The number of nitrogens with zero attached hydrogens (tertiary/aromatic N) is 2. The van der Waals surface area contributed by atoms with Crippen molar-refractivity contribution < 1.29 is 22.3 Å². The number of nitrogens with one attached hydrogen (secondary N) is 1. The van der Waals surface area contributed by atoms with Crippen LogP contribution >= 0.6 is 0 Å². The summed E-state index contributed by atoms with van der Waals surface area (Å²) in [4.78, 5) is 21.1. The minimum absolute atomic E-state index is 0.00710. The van der Waals surface area contributed by atoms with Gasteiger partial charge in [0.1, 0.15) is 22.9 Å². The average Bonchev–Trinajstić information content (AvgIpc) is 2.69. The minimum atomic E-state index is -4.30. The van der Waals surface area contributed by atoms with E-state index in [0.717, 1.165) is 0 Å². The second-order valence-electron chi connectivity index (χ2n) is 8.15. The molecule has 1 amide bonds. The normalized spacial score (nSPS) is 11.8. The lowest BCUT2D eigenvalue weighted by Crippen LogP contribution is -2.32. The standard InChI is InChI=1S/C22H23FN4O4S/c1-13-12-14(23)8-10-16(13)31-21-15(9-11-17(25-21)22(2,3)4)20(28)27-32(29,30)19-7-5-6-18(24)26-19/h5-12H,1-4H3,(H2,24,26)(H,27,28). The fourth-order valence-corrected chi connectivity index (χ4v) is 3.69. The number of aromatic nitrogens is 2. The Balaban J connectivity index is 2.01. The number of sulfonamides is 1. The van der Waals surface area contributed by atoms with E-state index >= 15 is 0 Å². The van der Waals surface area contributed by atoms with Gasteiger partial charge < -0.3 is 10.5 Å². The first-order chi connectivity index (χ1) is 14.9. The van der Waals surface area contributed by atoms with Crippen LogP contribution in [-0.2, 0) is 15.4 Å². The molecule has 0 fully saturated rings. The Kier molecular flexibility index (Phi) is 6.18. The van der Waals surface area contributed by atoms with E-state index in [-0.39, 0.29) is 28.4 Å². The van der Waals surface area contributed by atoms with E-state index in [1.165, 1.54) is 42.5 Å². The number of aryl methyl sites for hydroxylation is 1. The van der Waals surface area contributed by atoms with Crippen molar-refractivity contribution in [3.05, 3.63) is 71.2 Å². The molecule has 3 N–H and O–H groups in total. The molecule has 10 heteroatoms. The highest BCUT2D eigenvalue weighted by atomic mass is 32.2. The maximum atomic E-state index is 13.5. The molecule has 2 heterocycles. The smallest absolute Gasteiger partial charge is 0.281 e. The molecule has 0 aliphatic heterocycles. The number of carbonyl (C=O) groups is 1. The van der Waals surface area contributed by atoms with Crippen molar-refractivity contribution in [2.24, 2.45) is 0 Å². The summed E-state index contributed by atoms with van der Waals surface area (Å²) in [6, 6.07) is 11.0. The number of ether oxygens (including phenoxy) is 1. The molecule has 0 radical (unpaired) electrons. The van der Waals surface area contributed by atoms with Gasteiger partial charge in [0.2, 0.25) is 5.88 Å². The molecular formula is C22H23FN4O4S. The van der Waals surface area contributed by atoms with E-state index in [4.69, 9.17) is 10.5 Å². The summed E-state index contributed by atoms with van der Waals surface area (Å²) in [5, 5.41) is -0.401. The van der Waals surface area contributed by atoms with Gasteiger partial charge in [0, 0.05) is 11.1 Å². The van der Waals surface area contributed by atoms with Crippen LogP contribution in [0.3, 0.4) is 0 Å². The Bertz CT molecular complexity index is 1290. The number of hydrogen-bond acceptors (Lipinski definition) is 7. The number of halogens is 1. The zero-order valence-corrected chi connectivity index (χ0v) is 18.8. The number of rotatable bonds is 5. The third kappa shape index (κ3) is 5.20. The van der Waals surface area contributed by atoms with Crippen molar-refractivity contribution in [1.29, 1.82) is 0 Å². The van der Waals surface area contributed by atoms with Gasteiger partial charge in [-0.05, 0) is 55.0 Å². The highest BCUT2D eigenvalue weighted by Crippen LogP contribution is 2.30. The first-order valence-electron chi connectivity index (χ1n) is 9.62. The van der Waals surface area contributed by atoms with Crippen molar-refractivity contribution >= 4 is 21.7 Å². The zero-order chi connectivity index (χ0) is 23.7. The van der Waals surface area contributed by atoms with Gasteiger partial charge in [-0.1, -0.05) is 26.8 Å². The van der Waals surface area contributed by atoms with E-state index in [1.807, 2.05) is 25.5 Å². The van der Waals surface area contributed by atoms with Gasteiger partial charge in [-0.15, -0.1) is 0 Å². The van der Waals surface area contributed by atoms with Crippen LogP contribution in [0.2, 0.25) is 0 Å².